The van der Waals surface area contributed by atoms with E-state index < -0.39 is 37.5 Å². The summed E-state index contributed by atoms with van der Waals surface area (Å²) in [6.07, 6.45) is 0.0445. The molecule has 9 nitrogen and oxygen atoms in total. The normalized spacial score (nSPS) is 30.2. The molecule has 0 radical (unpaired) electrons. The van der Waals surface area contributed by atoms with E-state index in [2.05, 4.69) is 4.98 Å². The van der Waals surface area contributed by atoms with Crippen LogP contribution < -0.4 is 11.2 Å². The lowest BCUT2D eigenvalue weighted by molar-refractivity contribution is -0.0730. The number of nitrogens with zero attached hydrogens (tertiary/aromatic N) is 1. The van der Waals surface area contributed by atoms with Crippen LogP contribution in [0, 0.1) is 3.57 Å². The lowest BCUT2D eigenvalue weighted by Gasteiger charge is -2.29. The molecule has 4 atom stereocenters. The van der Waals surface area contributed by atoms with Gasteiger partial charge in [0.25, 0.3) is 5.56 Å². The number of H-pyrrole nitrogens is 1. The van der Waals surface area contributed by atoms with E-state index in [1.165, 1.54) is 10.8 Å². The summed E-state index contributed by atoms with van der Waals surface area (Å²) in [4.78, 5) is 25.8. The highest BCUT2D eigenvalue weighted by Gasteiger charge is 2.48. The third kappa shape index (κ3) is 4.10. The number of hydrogen-bond donors (Lipinski definition) is 1. The number of benzene rings is 1. The number of phosphoric acid groups is 1. The maximum Gasteiger partial charge on any atom is 0.475 e. The third-order valence-electron chi connectivity index (χ3n) is 4.31. The second-order valence-corrected chi connectivity index (χ2v) is 8.94. The van der Waals surface area contributed by atoms with Crippen LogP contribution in [0.1, 0.15) is 18.2 Å². The van der Waals surface area contributed by atoms with E-state index in [1.54, 1.807) is 0 Å². The Hall–Kier alpha value is -1.30. The minimum absolute atomic E-state index is 0.0302. The summed E-state index contributed by atoms with van der Waals surface area (Å²) in [6.45, 7) is 0.125. The molecule has 2 saturated heterocycles. The number of nitrogens with one attached hydrogen (secondary N) is 1. The zero-order valence-electron chi connectivity index (χ0n) is 13.9. The van der Waals surface area contributed by atoms with E-state index in [-0.39, 0.29) is 19.6 Å². The van der Waals surface area contributed by atoms with Crippen LogP contribution in [0.5, 0.6) is 0 Å². The van der Waals surface area contributed by atoms with E-state index in [1.807, 2.05) is 52.9 Å². The van der Waals surface area contributed by atoms with Gasteiger partial charge in [-0.15, -0.1) is 0 Å². The van der Waals surface area contributed by atoms with Crippen molar-refractivity contribution in [1.82, 2.24) is 9.55 Å². The molecule has 2 aliphatic rings. The number of phosphoric ester groups is 1. The molecule has 1 aromatic heterocycles. The molecular formula is C16H16IN2O7P. The topological polar surface area (TPSA) is 109 Å². The SMILES string of the molecule is O=c1[nH]c(=O)n([C@H]2C[C@@H]3O[P@](=O)(OCc4ccccc4)OC[C@H]3O2)cc1I. The van der Waals surface area contributed by atoms with Crippen molar-refractivity contribution in [1.29, 1.82) is 0 Å². The van der Waals surface area contributed by atoms with Gasteiger partial charge in [-0.25, -0.2) is 9.36 Å². The van der Waals surface area contributed by atoms with Crippen molar-refractivity contribution in [3.63, 3.8) is 0 Å². The van der Waals surface area contributed by atoms with Gasteiger partial charge in [-0.3, -0.25) is 27.9 Å². The van der Waals surface area contributed by atoms with Gasteiger partial charge in [0.2, 0.25) is 0 Å². The monoisotopic (exact) mass is 506 g/mol. The number of fused-ring (bicyclic) bond motifs is 1. The second kappa shape index (κ2) is 7.61. The smallest absolute Gasteiger partial charge is 0.349 e. The minimum Gasteiger partial charge on any atom is -0.349 e. The first kappa shape index (κ1) is 19.0. The molecule has 1 N–H and O–H groups in total. The van der Waals surface area contributed by atoms with Gasteiger partial charge in [0, 0.05) is 12.6 Å². The van der Waals surface area contributed by atoms with Crippen molar-refractivity contribution in [3.05, 3.63) is 66.5 Å². The number of rotatable bonds is 4. The average molecular weight is 506 g/mol. The minimum atomic E-state index is -3.72. The van der Waals surface area contributed by atoms with Gasteiger partial charge in [-0.2, -0.15) is 0 Å². The summed E-state index contributed by atoms with van der Waals surface area (Å²) >= 11 is 1.84. The molecule has 4 rings (SSSR count). The van der Waals surface area contributed by atoms with Crippen molar-refractivity contribution in [2.75, 3.05) is 6.61 Å². The Morgan fingerprint density at radius 1 is 1.26 bits per heavy atom. The van der Waals surface area contributed by atoms with Crippen LogP contribution in [0.3, 0.4) is 0 Å². The molecule has 0 bridgehead atoms. The van der Waals surface area contributed by atoms with Crippen LogP contribution in [-0.2, 0) is 29.5 Å². The van der Waals surface area contributed by atoms with E-state index in [9.17, 15) is 14.2 Å². The van der Waals surface area contributed by atoms with Gasteiger partial charge in [-0.1, -0.05) is 30.3 Å². The highest BCUT2D eigenvalue weighted by atomic mass is 127. The predicted octanol–water partition coefficient (Wildman–Crippen LogP) is 2.17. The van der Waals surface area contributed by atoms with Crippen LogP contribution in [0.2, 0.25) is 0 Å². The number of ether oxygens (including phenoxy) is 1. The maximum atomic E-state index is 12.7. The first-order valence-corrected chi connectivity index (χ1v) is 10.8. The summed E-state index contributed by atoms with van der Waals surface area (Å²) in [5.41, 5.74) is -0.184. The number of aromatic nitrogens is 2. The summed E-state index contributed by atoms with van der Waals surface area (Å²) in [5, 5.41) is 0. The Labute approximate surface area is 167 Å². The molecule has 144 valence electrons. The second-order valence-electron chi connectivity index (χ2n) is 6.15. The van der Waals surface area contributed by atoms with Crippen molar-refractivity contribution < 1.29 is 22.9 Å². The molecule has 0 amide bonds. The molecule has 0 saturated carbocycles. The molecule has 11 heteroatoms. The summed E-state index contributed by atoms with van der Waals surface area (Å²) in [7, 11) is -3.72. The molecule has 0 unspecified atom stereocenters. The Morgan fingerprint density at radius 3 is 2.81 bits per heavy atom. The highest BCUT2D eigenvalue weighted by Crippen LogP contribution is 2.57. The summed E-state index contributed by atoms with van der Waals surface area (Å²) < 4.78 is 36.4. The van der Waals surface area contributed by atoms with E-state index in [4.69, 9.17) is 18.3 Å². The molecular weight excluding hydrogens is 490 g/mol. The molecule has 27 heavy (non-hydrogen) atoms. The zero-order valence-corrected chi connectivity index (χ0v) is 17.0. The largest absolute Gasteiger partial charge is 0.475 e. The number of aromatic amines is 1. The average Bonchev–Trinajstić information content (AvgIpc) is 3.06. The van der Waals surface area contributed by atoms with Crippen molar-refractivity contribution in [2.45, 2.75) is 31.5 Å². The molecule has 2 aliphatic heterocycles. The van der Waals surface area contributed by atoms with Crippen LogP contribution in [0.4, 0.5) is 0 Å². The fourth-order valence-electron chi connectivity index (χ4n) is 2.96. The van der Waals surface area contributed by atoms with Crippen LogP contribution in [0.15, 0.2) is 46.1 Å². The van der Waals surface area contributed by atoms with E-state index >= 15 is 0 Å². The Kier molecular flexibility index (Phi) is 5.36. The van der Waals surface area contributed by atoms with Gasteiger partial charge in [0.15, 0.2) is 0 Å². The van der Waals surface area contributed by atoms with Crippen LogP contribution in [0.25, 0.3) is 0 Å². The molecule has 0 spiro atoms. The first-order valence-electron chi connectivity index (χ1n) is 8.21. The van der Waals surface area contributed by atoms with E-state index in [0.29, 0.717) is 3.57 Å². The van der Waals surface area contributed by atoms with Crippen LogP contribution >= 0.6 is 30.4 Å². The standard InChI is InChI=1S/C16H16IN2O7P/c17-11-7-19(16(21)18-15(11)20)14-6-12-13(25-14)9-24-27(22,26-12)23-8-10-4-2-1-3-5-10/h1-5,7,12-14H,6,8-9H2,(H,18,20,21)/t12-,13+,14+,27+/m0/s1. The first-order chi connectivity index (χ1) is 12.9. The fourth-order valence-corrected chi connectivity index (χ4v) is 4.78. The number of hydrogen-bond acceptors (Lipinski definition) is 7. The van der Waals surface area contributed by atoms with Gasteiger partial charge < -0.3 is 4.74 Å². The zero-order chi connectivity index (χ0) is 19.0. The van der Waals surface area contributed by atoms with Crippen molar-refractivity contribution in [3.8, 4) is 0 Å². The Bertz CT molecular complexity index is 992. The van der Waals surface area contributed by atoms with E-state index in [0.717, 1.165) is 5.56 Å². The molecule has 2 fully saturated rings. The van der Waals surface area contributed by atoms with Gasteiger partial charge in [0.05, 0.1) is 16.8 Å². The molecule has 0 aliphatic carbocycles. The van der Waals surface area contributed by atoms with Crippen molar-refractivity contribution in [2.24, 2.45) is 0 Å². The summed E-state index contributed by atoms with van der Waals surface area (Å²) in [6, 6.07) is 9.27. The quantitative estimate of drug-likeness (QED) is 0.500. The lowest BCUT2D eigenvalue weighted by atomic mass is 10.2. The predicted molar refractivity (Wildman–Crippen MR) is 102 cm³/mol. The fraction of sp³-hybridized carbons (Fsp3) is 0.375. The molecule has 3 heterocycles. The molecule has 2 aromatic rings. The Balaban J connectivity index is 1.45. The Morgan fingerprint density at radius 2 is 2.04 bits per heavy atom. The summed E-state index contributed by atoms with van der Waals surface area (Å²) in [5.74, 6) is 0. The van der Waals surface area contributed by atoms with Crippen molar-refractivity contribution >= 4 is 30.4 Å². The number of halogens is 1. The van der Waals surface area contributed by atoms with Gasteiger partial charge >= 0.3 is 13.5 Å². The third-order valence-corrected chi connectivity index (χ3v) is 6.52. The maximum absolute atomic E-state index is 12.7. The van der Waals surface area contributed by atoms with Gasteiger partial charge in [0.1, 0.15) is 18.4 Å². The lowest BCUT2D eigenvalue weighted by Crippen LogP contribution is -2.34. The van der Waals surface area contributed by atoms with Gasteiger partial charge in [-0.05, 0) is 28.2 Å². The van der Waals surface area contributed by atoms with Crippen LogP contribution in [-0.4, -0.2) is 28.4 Å². The molecule has 1 aromatic carbocycles. The highest BCUT2D eigenvalue weighted by molar-refractivity contribution is 14.1.